The van der Waals surface area contributed by atoms with E-state index in [0.29, 0.717) is 11.6 Å². The third-order valence-corrected chi connectivity index (χ3v) is 6.31. The molecule has 0 spiro atoms. The van der Waals surface area contributed by atoms with E-state index in [4.69, 9.17) is 4.52 Å². The number of thiophene rings is 1. The second-order valence-electron chi connectivity index (χ2n) is 7.33. The molecule has 0 radical (unpaired) electrons. The lowest BCUT2D eigenvalue weighted by molar-refractivity contribution is 0.0928. The Bertz CT molecular complexity index is 910. The summed E-state index contributed by atoms with van der Waals surface area (Å²) in [5, 5.41) is 8.36. The molecule has 1 aromatic carbocycles. The van der Waals surface area contributed by atoms with Crippen molar-refractivity contribution in [1.82, 2.24) is 15.4 Å². The van der Waals surface area contributed by atoms with Crippen molar-refractivity contribution in [1.29, 1.82) is 0 Å². The van der Waals surface area contributed by atoms with Gasteiger partial charge in [-0.1, -0.05) is 23.4 Å². The average Bonchev–Trinajstić information content (AvgIpc) is 3.06. The van der Waals surface area contributed by atoms with Crippen LogP contribution in [0.25, 0.3) is 10.1 Å². The van der Waals surface area contributed by atoms with Crippen LogP contribution < -0.4 is 5.32 Å². The first-order valence-corrected chi connectivity index (χ1v) is 10.0. The lowest BCUT2D eigenvalue weighted by atomic mass is 10.2. The first-order chi connectivity index (χ1) is 12.7. The van der Waals surface area contributed by atoms with Crippen LogP contribution in [0.3, 0.4) is 0 Å². The molecule has 2 aromatic heterocycles. The number of aromatic nitrogens is 1. The van der Waals surface area contributed by atoms with Crippen LogP contribution in [-0.4, -0.2) is 35.1 Å². The van der Waals surface area contributed by atoms with E-state index >= 15 is 0 Å². The number of hydrogen-bond acceptors (Lipinski definition) is 5. The Morgan fingerprint density at radius 1 is 1.27 bits per heavy atom. The summed E-state index contributed by atoms with van der Waals surface area (Å²) in [6.45, 7) is 2.83. The topological polar surface area (TPSA) is 58.4 Å². The van der Waals surface area contributed by atoms with Crippen LogP contribution in [0.15, 0.2) is 40.9 Å². The van der Waals surface area contributed by atoms with Crippen LogP contribution >= 0.6 is 11.3 Å². The Labute approximate surface area is 156 Å². The second kappa shape index (κ2) is 6.52. The highest BCUT2D eigenvalue weighted by Crippen LogP contribution is 2.40. The van der Waals surface area contributed by atoms with E-state index in [-0.39, 0.29) is 11.9 Å². The van der Waals surface area contributed by atoms with Crippen LogP contribution in [0.1, 0.15) is 46.3 Å². The summed E-state index contributed by atoms with van der Waals surface area (Å²) in [7, 11) is 0. The van der Waals surface area contributed by atoms with Gasteiger partial charge in [-0.2, -0.15) is 0 Å². The van der Waals surface area contributed by atoms with Gasteiger partial charge in [0.25, 0.3) is 5.91 Å². The molecule has 1 atom stereocenters. The number of benzene rings is 1. The monoisotopic (exact) mass is 367 g/mol. The molecule has 2 fully saturated rings. The number of hydrogen-bond donors (Lipinski definition) is 1. The molecular formula is C20H21N3O2S. The van der Waals surface area contributed by atoms with E-state index in [2.05, 4.69) is 45.7 Å². The molecule has 3 aromatic rings. The molecule has 1 aliphatic heterocycles. The maximum absolute atomic E-state index is 12.4. The van der Waals surface area contributed by atoms with Crippen molar-refractivity contribution in [2.24, 2.45) is 0 Å². The van der Waals surface area contributed by atoms with Crippen molar-refractivity contribution in [2.45, 2.75) is 37.8 Å². The van der Waals surface area contributed by atoms with Gasteiger partial charge in [-0.25, -0.2) is 0 Å². The zero-order valence-corrected chi connectivity index (χ0v) is 15.3. The number of fused-ring (bicyclic) bond motifs is 1. The quantitative estimate of drug-likeness (QED) is 0.746. The van der Waals surface area contributed by atoms with E-state index in [1.165, 1.54) is 15.0 Å². The fourth-order valence-corrected chi connectivity index (χ4v) is 4.75. The molecule has 3 heterocycles. The minimum Gasteiger partial charge on any atom is -0.360 e. The summed E-state index contributed by atoms with van der Waals surface area (Å²) in [6.07, 6.45) is 3.26. The van der Waals surface area contributed by atoms with Crippen LogP contribution in [0.5, 0.6) is 0 Å². The van der Waals surface area contributed by atoms with Crippen molar-refractivity contribution < 1.29 is 9.32 Å². The Balaban J connectivity index is 1.18. The third-order valence-electron chi connectivity index (χ3n) is 5.20. The lowest BCUT2D eigenvalue weighted by Crippen LogP contribution is -2.37. The number of carbonyl (C=O) groups excluding carboxylic acids is 1. The third kappa shape index (κ3) is 3.27. The number of likely N-dealkylation sites (tertiary alicyclic amines) is 1. The predicted molar refractivity (Wildman–Crippen MR) is 101 cm³/mol. The summed E-state index contributed by atoms with van der Waals surface area (Å²) in [6, 6.07) is 12.8. The molecule has 26 heavy (non-hydrogen) atoms. The first kappa shape index (κ1) is 16.0. The van der Waals surface area contributed by atoms with Gasteiger partial charge in [-0.3, -0.25) is 9.69 Å². The second-order valence-corrected chi connectivity index (χ2v) is 8.50. The van der Waals surface area contributed by atoms with Gasteiger partial charge in [-0.05, 0) is 36.8 Å². The van der Waals surface area contributed by atoms with Crippen molar-refractivity contribution in [3.05, 3.63) is 52.7 Å². The van der Waals surface area contributed by atoms with Crippen LogP contribution in [0.4, 0.5) is 0 Å². The van der Waals surface area contributed by atoms with Crippen molar-refractivity contribution >= 4 is 27.3 Å². The minimum absolute atomic E-state index is 0.116. The van der Waals surface area contributed by atoms with Crippen LogP contribution in [-0.2, 0) is 6.54 Å². The van der Waals surface area contributed by atoms with Gasteiger partial charge in [0.05, 0.1) is 0 Å². The Morgan fingerprint density at radius 2 is 2.15 bits per heavy atom. The molecule has 5 rings (SSSR count). The molecule has 1 aliphatic carbocycles. The van der Waals surface area contributed by atoms with Gasteiger partial charge in [0, 0.05) is 47.2 Å². The zero-order chi connectivity index (χ0) is 17.5. The van der Waals surface area contributed by atoms with E-state index in [9.17, 15) is 4.79 Å². The number of carbonyl (C=O) groups is 1. The standard InChI is InChI=1S/C20H21N3O2S/c24-20(17-10-18(25-22-17)13-5-6-13)21-15-7-8-23(11-15)12-16-9-14-3-1-2-4-19(14)26-16/h1-4,9-10,13,15H,5-8,11-12H2,(H,21,24). The average molecular weight is 367 g/mol. The summed E-state index contributed by atoms with van der Waals surface area (Å²) >= 11 is 1.86. The minimum atomic E-state index is -0.116. The highest BCUT2D eigenvalue weighted by Gasteiger charge is 2.30. The molecular weight excluding hydrogens is 346 g/mol. The Hall–Kier alpha value is -2.18. The highest BCUT2D eigenvalue weighted by molar-refractivity contribution is 7.19. The van der Waals surface area contributed by atoms with E-state index in [1.807, 2.05) is 11.3 Å². The molecule has 1 saturated heterocycles. The van der Waals surface area contributed by atoms with Gasteiger partial charge < -0.3 is 9.84 Å². The molecule has 1 saturated carbocycles. The van der Waals surface area contributed by atoms with Crippen molar-refractivity contribution in [3.8, 4) is 0 Å². The van der Waals surface area contributed by atoms with Crippen molar-refractivity contribution in [3.63, 3.8) is 0 Å². The predicted octanol–water partition coefficient (Wildman–Crippen LogP) is 3.77. The van der Waals surface area contributed by atoms with Crippen LogP contribution in [0, 0.1) is 0 Å². The highest BCUT2D eigenvalue weighted by atomic mass is 32.1. The summed E-state index contributed by atoms with van der Waals surface area (Å²) in [5.74, 6) is 1.22. The van der Waals surface area contributed by atoms with E-state index in [0.717, 1.165) is 44.7 Å². The maximum Gasteiger partial charge on any atom is 0.273 e. The molecule has 6 heteroatoms. The van der Waals surface area contributed by atoms with E-state index < -0.39 is 0 Å². The molecule has 1 N–H and O–H groups in total. The number of rotatable bonds is 5. The fraction of sp³-hybridized carbons (Fsp3) is 0.400. The summed E-state index contributed by atoms with van der Waals surface area (Å²) in [4.78, 5) is 16.2. The van der Waals surface area contributed by atoms with Gasteiger partial charge >= 0.3 is 0 Å². The smallest absolute Gasteiger partial charge is 0.273 e. The molecule has 134 valence electrons. The maximum atomic E-state index is 12.4. The van der Waals surface area contributed by atoms with Gasteiger partial charge in [0.15, 0.2) is 5.69 Å². The molecule has 0 bridgehead atoms. The molecule has 5 nitrogen and oxygen atoms in total. The largest absolute Gasteiger partial charge is 0.360 e. The molecule has 1 amide bonds. The van der Waals surface area contributed by atoms with Gasteiger partial charge in [0.1, 0.15) is 5.76 Å². The van der Waals surface area contributed by atoms with Gasteiger partial charge in [-0.15, -0.1) is 11.3 Å². The van der Waals surface area contributed by atoms with E-state index in [1.54, 1.807) is 6.07 Å². The van der Waals surface area contributed by atoms with Crippen molar-refractivity contribution in [2.75, 3.05) is 13.1 Å². The fourth-order valence-electron chi connectivity index (χ4n) is 3.65. The Kier molecular flexibility index (Phi) is 4.02. The molecule has 1 unspecified atom stereocenters. The zero-order valence-electron chi connectivity index (χ0n) is 14.5. The number of nitrogens with one attached hydrogen (secondary N) is 1. The SMILES string of the molecule is O=C(NC1CCN(Cc2cc3ccccc3s2)C1)c1cc(C2CC2)on1. The van der Waals surface area contributed by atoms with Gasteiger partial charge in [0.2, 0.25) is 0 Å². The number of nitrogens with zero attached hydrogens (tertiary/aromatic N) is 2. The Morgan fingerprint density at radius 3 is 3.00 bits per heavy atom. The first-order valence-electron chi connectivity index (χ1n) is 9.22. The summed E-state index contributed by atoms with van der Waals surface area (Å²) in [5.41, 5.74) is 0.412. The normalized spacial score (nSPS) is 20.7. The van der Waals surface area contributed by atoms with Crippen LogP contribution in [0.2, 0.25) is 0 Å². The summed E-state index contributed by atoms with van der Waals surface area (Å²) < 4.78 is 6.62. The lowest BCUT2D eigenvalue weighted by Gasteiger charge is -2.15. The molecule has 2 aliphatic rings. The number of amides is 1.